The van der Waals surface area contributed by atoms with Gasteiger partial charge in [-0.1, -0.05) is 0 Å². The van der Waals surface area contributed by atoms with Gasteiger partial charge in [-0.25, -0.2) is 9.59 Å². The quantitative estimate of drug-likeness (QED) is 0.352. The SMILES string of the molecule is CCOC(=O)c1ccc(NC(=O)N[C@H]2O[C@@H](CO)[C@@H](O)[C@@H](O)[C@@H]2O)cc1. The molecule has 10 nitrogen and oxygen atoms in total. The maximum absolute atomic E-state index is 12.0. The van der Waals surface area contributed by atoms with Crippen LogP contribution in [-0.4, -0.2) is 76.3 Å². The molecule has 1 aliphatic heterocycles. The lowest BCUT2D eigenvalue weighted by molar-refractivity contribution is -0.233. The molecule has 1 saturated heterocycles. The van der Waals surface area contributed by atoms with Crippen molar-refractivity contribution in [2.24, 2.45) is 0 Å². The lowest BCUT2D eigenvalue weighted by atomic mass is 9.98. The van der Waals surface area contributed by atoms with Gasteiger partial charge in [0.25, 0.3) is 0 Å². The molecule has 6 N–H and O–H groups in total. The molecule has 1 fully saturated rings. The van der Waals surface area contributed by atoms with Crippen molar-refractivity contribution in [2.45, 2.75) is 37.6 Å². The van der Waals surface area contributed by atoms with Crippen molar-refractivity contribution < 1.29 is 39.5 Å². The topological polar surface area (TPSA) is 158 Å². The Bertz CT molecular complexity index is 621. The van der Waals surface area contributed by atoms with E-state index in [2.05, 4.69) is 10.6 Å². The zero-order chi connectivity index (χ0) is 19.3. The first kappa shape index (κ1) is 20.1. The summed E-state index contributed by atoms with van der Waals surface area (Å²) in [7, 11) is 0. The highest BCUT2D eigenvalue weighted by molar-refractivity contribution is 5.92. The van der Waals surface area contributed by atoms with Gasteiger partial charge in [0.05, 0.1) is 18.8 Å². The van der Waals surface area contributed by atoms with Crippen LogP contribution in [0.25, 0.3) is 0 Å². The average molecular weight is 370 g/mol. The summed E-state index contributed by atoms with van der Waals surface area (Å²) in [5.41, 5.74) is 0.687. The lowest BCUT2D eigenvalue weighted by Gasteiger charge is -2.40. The Kier molecular flexibility index (Phi) is 6.89. The molecule has 0 bridgehead atoms. The van der Waals surface area contributed by atoms with Crippen LogP contribution in [0.1, 0.15) is 17.3 Å². The second-order valence-corrected chi connectivity index (χ2v) is 5.65. The molecule has 1 aromatic rings. The number of esters is 1. The molecule has 1 heterocycles. The summed E-state index contributed by atoms with van der Waals surface area (Å²) in [6.07, 6.45) is -7.13. The van der Waals surface area contributed by atoms with Crippen molar-refractivity contribution in [2.75, 3.05) is 18.5 Å². The number of urea groups is 1. The van der Waals surface area contributed by atoms with Crippen LogP contribution in [-0.2, 0) is 9.47 Å². The van der Waals surface area contributed by atoms with E-state index in [1.165, 1.54) is 24.3 Å². The molecule has 0 aromatic heterocycles. The smallest absolute Gasteiger partial charge is 0.338 e. The molecule has 26 heavy (non-hydrogen) atoms. The third kappa shape index (κ3) is 4.68. The summed E-state index contributed by atoms with van der Waals surface area (Å²) >= 11 is 0. The second-order valence-electron chi connectivity index (χ2n) is 5.65. The molecule has 1 aliphatic rings. The van der Waals surface area contributed by atoms with Crippen LogP contribution in [0.15, 0.2) is 24.3 Å². The standard InChI is InChI=1S/C16H22N2O8/c1-2-25-15(23)8-3-5-9(6-4-8)17-16(24)18-14-13(22)12(21)11(20)10(7-19)26-14/h3-6,10-14,19-22H,2,7H2,1H3,(H2,17,18,24)/t10-,11+,12+,13-,14-/m0/s1. The maximum atomic E-state index is 12.0. The number of aliphatic hydroxyl groups is 4. The van der Waals surface area contributed by atoms with Crippen molar-refractivity contribution >= 4 is 17.7 Å². The minimum atomic E-state index is -1.59. The van der Waals surface area contributed by atoms with Crippen LogP contribution >= 0.6 is 0 Å². The first-order valence-corrected chi connectivity index (χ1v) is 8.02. The molecule has 0 saturated carbocycles. The Morgan fingerprint density at radius 2 is 1.77 bits per heavy atom. The zero-order valence-corrected chi connectivity index (χ0v) is 14.0. The number of hydrogen-bond donors (Lipinski definition) is 6. The van der Waals surface area contributed by atoms with Gasteiger partial charge in [-0.3, -0.25) is 0 Å². The van der Waals surface area contributed by atoms with E-state index in [4.69, 9.17) is 14.6 Å². The summed E-state index contributed by atoms with van der Waals surface area (Å²) in [5, 5.41) is 43.1. The molecule has 2 rings (SSSR count). The molecule has 0 radical (unpaired) electrons. The summed E-state index contributed by atoms with van der Waals surface area (Å²) in [6.45, 7) is 1.34. The largest absolute Gasteiger partial charge is 0.462 e. The van der Waals surface area contributed by atoms with Gasteiger partial charge in [-0.15, -0.1) is 0 Å². The number of benzene rings is 1. The van der Waals surface area contributed by atoms with Crippen molar-refractivity contribution in [1.29, 1.82) is 0 Å². The fourth-order valence-corrected chi connectivity index (χ4v) is 2.42. The highest BCUT2D eigenvalue weighted by atomic mass is 16.6. The summed E-state index contributed by atoms with van der Waals surface area (Å²) in [5.74, 6) is -0.482. The zero-order valence-electron chi connectivity index (χ0n) is 14.0. The number of amides is 2. The Hall–Kier alpha value is -2.24. The summed E-state index contributed by atoms with van der Waals surface area (Å²) in [6, 6.07) is 5.17. The van der Waals surface area contributed by atoms with Crippen LogP contribution < -0.4 is 10.6 Å². The van der Waals surface area contributed by atoms with Gasteiger partial charge in [0.1, 0.15) is 24.4 Å². The molecule has 0 aliphatic carbocycles. The number of aliphatic hydroxyl groups excluding tert-OH is 4. The van der Waals surface area contributed by atoms with E-state index in [1.807, 2.05) is 0 Å². The molecule has 1 aromatic carbocycles. The van der Waals surface area contributed by atoms with Crippen LogP contribution in [0.5, 0.6) is 0 Å². The normalized spacial score (nSPS) is 28.3. The molecule has 0 unspecified atom stereocenters. The van der Waals surface area contributed by atoms with E-state index in [-0.39, 0.29) is 6.61 Å². The van der Waals surface area contributed by atoms with Crippen molar-refractivity contribution in [3.05, 3.63) is 29.8 Å². The van der Waals surface area contributed by atoms with Gasteiger partial charge in [0, 0.05) is 5.69 Å². The number of anilines is 1. The maximum Gasteiger partial charge on any atom is 0.338 e. The van der Waals surface area contributed by atoms with Gasteiger partial charge in [0.15, 0.2) is 6.23 Å². The Labute approximate surface area is 149 Å². The average Bonchev–Trinajstić information content (AvgIpc) is 2.63. The lowest BCUT2D eigenvalue weighted by Crippen LogP contribution is -2.63. The van der Waals surface area contributed by atoms with Gasteiger partial charge in [-0.2, -0.15) is 0 Å². The number of carbonyl (C=O) groups is 2. The number of carbonyl (C=O) groups excluding carboxylic acids is 2. The first-order chi connectivity index (χ1) is 12.4. The summed E-state index contributed by atoms with van der Waals surface area (Å²) < 4.78 is 10.0. The van der Waals surface area contributed by atoms with E-state index in [1.54, 1.807) is 6.92 Å². The van der Waals surface area contributed by atoms with Crippen molar-refractivity contribution in [1.82, 2.24) is 5.32 Å². The molecule has 0 spiro atoms. The van der Waals surface area contributed by atoms with Crippen molar-refractivity contribution in [3.8, 4) is 0 Å². The third-order valence-corrected chi connectivity index (χ3v) is 3.82. The Morgan fingerprint density at radius 3 is 2.35 bits per heavy atom. The number of ether oxygens (including phenoxy) is 2. The van der Waals surface area contributed by atoms with Gasteiger partial charge < -0.3 is 40.5 Å². The Balaban J connectivity index is 1.94. The number of rotatable bonds is 5. The predicted molar refractivity (Wildman–Crippen MR) is 88.3 cm³/mol. The number of nitrogens with one attached hydrogen (secondary N) is 2. The molecule has 5 atom stereocenters. The van der Waals surface area contributed by atoms with Crippen LogP contribution in [0.4, 0.5) is 10.5 Å². The summed E-state index contributed by atoms with van der Waals surface area (Å²) in [4.78, 5) is 23.6. The van der Waals surface area contributed by atoms with Crippen LogP contribution in [0.2, 0.25) is 0 Å². The fourth-order valence-electron chi connectivity index (χ4n) is 2.42. The highest BCUT2D eigenvalue weighted by Gasteiger charge is 2.43. The van der Waals surface area contributed by atoms with Gasteiger partial charge in [-0.05, 0) is 31.2 Å². The molecule has 144 valence electrons. The first-order valence-electron chi connectivity index (χ1n) is 8.02. The highest BCUT2D eigenvalue weighted by Crippen LogP contribution is 2.20. The Morgan fingerprint density at radius 1 is 1.12 bits per heavy atom. The molecular weight excluding hydrogens is 348 g/mol. The second kappa shape index (κ2) is 8.92. The monoisotopic (exact) mass is 370 g/mol. The molecule has 10 heteroatoms. The van der Waals surface area contributed by atoms with Gasteiger partial charge >= 0.3 is 12.0 Å². The van der Waals surface area contributed by atoms with E-state index >= 15 is 0 Å². The van der Waals surface area contributed by atoms with E-state index in [0.717, 1.165) is 0 Å². The van der Waals surface area contributed by atoms with E-state index in [0.29, 0.717) is 11.3 Å². The molecular formula is C16H22N2O8. The van der Waals surface area contributed by atoms with E-state index < -0.39 is 49.3 Å². The van der Waals surface area contributed by atoms with Crippen LogP contribution in [0, 0.1) is 0 Å². The number of hydrogen-bond acceptors (Lipinski definition) is 8. The third-order valence-electron chi connectivity index (χ3n) is 3.82. The minimum absolute atomic E-state index is 0.250. The minimum Gasteiger partial charge on any atom is -0.462 e. The molecule has 2 amide bonds. The van der Waals surface area contributed by atoms with Gasteiger partial charge in [0.2, 0.25) is 0 Å². The van der Waals surface area contributed by atoms with E-state index in [9.17, 15) is 24.9 Å². The van der Waals surface area contributed by atoms with Crippen LogP contribution in [0.3, 0.4) is 0 Å². The van der Waals surface area contributed by atoms with Crippen molar-refractivity contribution in [3.63, 3.8) is 0 Å². The predicted octanol–water partition coefficient (Wildman–Crippen LogP) is -1.22. The fraction of sp³-hybridized carbons (Fsp3) is 0.500.